The second-order valence-electron chi connectivity index (χ2n) is 4.13. The largest absolute Gasteiger partial charge is 0.507 e. The fraction of sp³-hybridized carbons (Fsp3) is 0.0833. The van der Waals surface area contributed by atoms with Crippen LogP contribution in [0.1, 0.15) is 16.1 Å². The van der Waals surface area contributed by atoms with E-state index in [0.717, 1.165) is 5.56 Å². The number of nitrogens with two attached hydrogens (primary N) is 1. The number of benzene rings is 1. The van der Waals surface area contributed by atoms with E-state index in [1.165, 1.54) is 6.07 Å². The molecule has 8 heteroatoms. The number of carbonyl (C=O) groups is 1. The third-order valence-electron chi connectivity index (χ3n) is 2.55. The maximum atomic E-state index is 11.7. The van der Waals surface area contributed by atoms with Crippen LogP contribution in [0.3, 0.4) is 0 Å². The number of nitrogens with zero attached hydrogens (tertiary/aromatic N) is 1. The molecule has 0 aliphatic rings. The molecule has 0 radical (unpaired) electrons. The first-order valence-electron chi connectivity index (χ1n) is 5.68. The van der Waals surface area contributed by atoms with Gasteiger partial charge in [0.1, 0.15) is 11.4 Å². The molecule has 104 valence electrons. The summed E-state index contributed by atoms with van der Waals surface area (Å²) in [6.45, 7) is 1.90. The van der Waals surface area contributed by atoms with E-state index in [1.807, 2.05) is 6.92 Å². The number of thiocarbonyl (C=S) groups is 1. The number of aryl methyl sites for hydroxylation is 1. The molecular weight excluding hydrogens is 278 g/mol. The molecule has 1 aromatic carbocycles. The fourth-order valence-electron chi connectivity index (χ4n) is 1.62. The first-order chi connectivity index (χ1) is 9.47. The first-order valence-corrected chi connectivity index (χ1v) is 6.09. The maximum Gasteiger partial charge on any atom is 0.287 e. The highest BCUT2D eigenvalue weighted by Gasteiger charge is 2.13. The Morgan fingerprint density at radius 3 is 2.85 bits per heavy atom. The number of rotatable bonds is 2. The molecule has 20 heavy (non-hydrogen) atoms. The van der Waals surface area contributed by atoms with Crippen LogP contribution in [0, 0.1) is 6.92 Å². The molecule has 7 nitrogen and oxygen atoms in total. The van der Waals surface area contributed by atoms with Gasteiger partial charge in [0.05, 0.1) is 5.69 Å². The molecule has 0 unspecified atom stereocenters. The van der Waals surface area contributed by atoms with Crippen molar-refractivity contribution in [2.24, 2.45) is 5.73 Å². The standard InChI is InChI=1S/C12H13N5O2S/c1-6-2-3-10(18)7(4-6)8-5-9(15-14-8)11(19)16-17-12(13)20/h2-5,18H,1H3,(H,14,15)(H,16,19)(H3,13,17,20). The van der Waals surface area contributed by atoms with E-state index in [2.05, 4.69) is 33.3 Å². The van der Waals surface area contributed by atoms with Gasteiger partial charge in [0.15, 0.2) is 5.11 Å². The molecule has 0 fully saturated rings. The minimum atomic E-state index is -0.469. The molecule has 0 aliphatic heterocycles. The molecule has 0 aliphatic carbocycles. The van der Waals surface area contributed by atoms with Crippen LogP contribution < -0.4 is 16.6 Å². The van der Waals surface area contributed by atoms with Gasteiger partial charge >= 0.3 is 0 Å². The number of phenolic OH excluding ortho intramolecular Hbond substituents is 1. The highest BCUT2D eigenvalue weighted by molar-refractivity contribution is 7.80. The number of hydrazine groups is 1. The molecule has 2 aromatic rings. The van der Waals surface area contributed by atoms with E-state index in [4.69, 9.17) is 5.73 Å². The van der Waals surface area contributed by atoms with Gasteiger partial charge in [-0.3, -0.25) is 20.7 Å². The Bertz CT molecular complexity index is 668. The predicted molar refractivity (Wildman–Crippen MR) is 77.8 cm³/mol. The molecule has 0 saturated heterocycles. The molecule has 1 heterocycles. The summed E-state index contributed by atoms with van der Waals surface area (Å²) >= 11 is 4.57. The van der Waals surface area contributed by atoms with Crippen LogP contribution in [0.4, 0.5) is 0 Å². The summed E-state index contributed by atoms with van der Waals surface area (Å²) in [4.78, 5) is 11.7. The van der Waals surface area contributed by atoms with Crippen molar-refractivity contribution in [2.75, 3.05) is 0 Å². The van der Waals surface area contributed by atoms with Crippen molar-refractivity contribution in [1.82, 2.24) is 21.0 Å². The van der Waals surface area contributed by atoms with Gasteiger partial charge in [-0.1, -0.05) is 11.6 Å². The van der Waals surface area contributed by atoms with Crippen LogP contribution in [-0.4, -0.2) is 26.3 Å². The van der Waals surface area contributed by atoms with Gasteiger partial charge < -0.3 is 10.8 Å². The normalized spacial score (nSPS) is 10.1. The summed E-state index contributed by atoms with van der Waals surface area (Å²) in [6.07, 6.45) is 0. The smallest absolute Gasteiger partial charge is 0.287 e. The summed E-state index contributed by atoms with van der Waals surface area (Å²) < 4.78 is 0. The average Bonchev–Trinajstić information content (AvgIpc) is 2.88. The zero-order valence-corrected chi connectivity index (χ0v) is 11.4. The maximum absolute atomic E-state index is 11.7. The quantitative estimate of drug-likeness (QED) is 0.408. The van der Waals surface area contributed by atoms with Crippen molar-refractivity contribution in [3.63, 3.8) is 0 Å². The number of nitrogens with one attached hydrogen (secondary N) is 3. The lowest BCUT2D eigenvalue weighted by molar-refractivity contribution is 0.0939. The highest BCUT2D eigenvalue weighted by atomic mass is 32.1. The molecule has 0 bridgehead atoms. The van der Waals surface area contributed by atoms with Crippen molar-refractivity contribution in [1.29, 1.82) is 0 Å². The Morgan fingerprint density at radius 1 is 1.40 bits per heavy atom. The molecule has 0 saturated carbocycles. The zero-order valence-electron chi connectivity index (χ0n) is 10.6. The number of carbonyl (C=O) groups excluding carboxylic acids is 1. The molecule has 6 N–H and O–H groups in total. The minimum Gasteiger partial charge on any atom is -0.507 e. The number of hydrogen-bond donors (Lipinski definition) is 5. The van der Waals surface area contributed by atoms with Crippen molar-refractivity contribution in [3.05, 3.63) is 35.5 Å². The van der Waals surface area contributed by atoms with Crippen molar-refractivity contribution >= 4 is 23.2 Å². The number of aromatic amines is 1. The van der Waals surface area contributed by atoms with Crippen molar-refractivity contribution in [3.8, 4) is 17.0 Å². The van der Waals surface area contributed by atoms with E-state index in [1.54, 1.807) is 18.2 Å². The number of hydrogen-bond acceptors (Lipinski definition) is 4. The second kappa shape index (κ2) is 5.57. The van der Waals surface area contributed by atoms with Crippen LogP contribution in [0.2, 0.25) is 0 Å². The van der Waals surface area contributed by atoms with Crippen molar-refractivity contribution in [2.45, 2.75) is 6.92 Å². The zero-order chi connectivity index (χ0) is 14.7. The molecule has 1 amide bonds. The van der Waals surface area contributed by atoms with Crippen LogP contribution in [0.5, 0.6) is 5.75 Å². The summed E-state index contributed by atoms with van der Waals surface area (Å²) in [5.74, 6) is -0.376. The van der Waals surface area contributed by atoms with Crippen LogP contribution in [0.15, 0.2) is 24.3 Å². The lowest BCUT2D eigenvalue weighted by atomic mass is 10.1. The topological polar surface area (TPSA) is 116 Å². The number of amides is 1. The average molecular weight is 291 g/mol. The second-order valence-corrected chi connectivity index (χ2v) is 4.57. The van der Waals surface area contributed by atoms with Gasteiger partial charge in [0.25, 0.3) is 5.91 Å². The van der Waals surface area contributed by atoms with Gasteiger partial charge in [-0.2, -0.15) is 5.10 Å². The molecule has 2 rings (SSSR count). The van der Waals surface area contributed by atoms with E-state index in [0.29, 0.717) is 11.3 Å². The highest BCUT2D eigenvalue weighted by Crippen LogP contribution is 2.28. The molecular formula is C12H13N5O2S. The number of phenols is 1. The monoisotopic (exact) mass is 291 g/mol. The summed E-state index contributed by atoms with van der Waals surface area (Å²) in [7, 11) is 0. The third-order valence-corrected chi connectivity index (χ3v) is 2.65. The Hall–Kier alpha value is -2.61. The number of aromatic hydroxyl groups is 1. The van der Waals surface area contributed by atoms with E-state index in [9.17, 15) is 9.90 Å². The molecule has 0 atom stereocenters. The minimum absolute atomic E-state index is 0.0468. The summed E-state index contributed by atoms with van der Waals surface area (Å²) in [5.41, 5.74) is 12.0. The van der Waals surface area contributed by atoms with Crippen LogP contribution >= 0.6 is 12.2 Å². The van der Waals surface area contributed by atoms with Gasteiger partial charge in [-0.25, -0.2) is 0 Å². The van der Waals surface area contributed by atoms with Crippen molar-refractivity contribution < 1.29 is 9.90 Å². The van der Waals surface area contributed by atoms with E-state index < -0.39 is 5.91 Å². The third kappa shape index (κ3) is 3.04. The number of H-pyrrole nitrogens is 1. The summed E-state index contributed by atoms with van der Waals surface area (Å²) in [5, 5.41) is 16.3. The van der Waals surface area contributed by atoms with E-state index in [-0.39, 0.29) is 16.6 Å². The molecule has 0 spiro atoms. The van der Waals surface area contributed by atoms with Gasteiger partial charge in [0.2, 0.25) is 0 Å². The van der Waals surface area contributed by atoms with Gasteiger partial charge in [0, 0.05) is 5.56 Å². The Balaban J connectivity index is 2.22. The van der Waals surface area contributed by atoms with E-state index >= 15 is 0 Å². The Labute approximate surface area is 120 Å². The predicted octanol–water partition coefficient (Wildman–Crippen LogP) is 0.569. The van der Waals surface area contributed by atoms with Gasteiger partial charge in [-0.15, -0.1) is 0 Å². The Kier molecular flexibility index (Phi) is 3.85. The molecule has 1 aromatic heterocycles. The first kappa shape index (κ1) is 13.8. The van der Waals surface area contributed by atoms with Crippen LogP contribution in [0.25, 0.3) is 11.3 Å². The number of aromatic nitrogens is 2. The SMILES string of the molecule is Cc1ccc(O)c(-c2cc(C(=O)NNC(N)=S)[nH]n2)c1. The summed E-state index contributed by atoms with van der Waals surface area (Å²) in [6, 6.07) is 6.66. The van der Waals surface area contributed by atoms with Crippen LogP contribution in [-0.2, 0) is 0 Å². The lowest BCUT2D eigenvalue weighted by Gasteiger charge is -2.03. The lowest BCUT2D eigenvalue weighted by Crippen LogP contribution is -2.44. The van der Waals surface area contributed by atoms with Gasteiger partial charge in [-0.05, 0) is 37.3 Å². The fourth-order valence-corrected chi connectivity index (χ4v) is 1.67. The Morgan fingerprint density at radius 2 is 2.15 bits per heavy atom.